The van der Waals surface area contributed by atoms with E-state index in [0.29, 0.717) is 0 Å². The number of hydrogen-bond donors (Lipinski definition) is 1. The normalized spacial score (nSPS) is 11.8. The third-order valence-corrected chi connectivity index (χ3v) is 3.01. The molecule has 0 fully saturated rings. The van der Waals surface area contributed by atoms with E-state index >= 15 is 0 Å². The number of hydrogen-bond acceptors (Lipinski definition) is 4. The van der Waals surface area contributed by atoms with Crippen LogP contribution in [0.2, 0.25) is 0 Å². The van der Waals surface area contributed by atoms with Crippen LogP contribution in [-0.2, 0) is 16.0 Å². The topological polar surface area (TPSA) is 48.3 Å². The first-order chi connectivity index (χ1) is 8.98. The van der Waals surface area contributed by atoms with Crippen LogP contribution in [0.3, 0.4) is 0 Å². The summed E-state index contributed by atoms with van der Waals surface area (Å²) in [4.78, 5) is 4.50. The molecule has 0 saturated carbocycles. The van der Waals surface area contributed by atoms with Crippen molar-refractivity contribution in [2.45, 2.75) is 46.3 Å². The molecule has 110 valence electrons. The molecule has 1 aromatic heterocycles. The summed E-state index contributed by atoms with van der Waals surface area (Å²) in [5, 5.41) is 3.35. The molecule has 0 amide bonds. The van der Waals surface area contributed by atoms with E-state index in [9.17, 15) is 0 Å². The number of nitrogens with zero attached hydrogens (tertiary/aromatic N) is 2. The van der Waals surface area contributed by atoms with Crippen LogP contribution in [0, 0.1) is 6.92 Å². The fraction of sp³-hybridized carbons (Fsp3) is 0.786. The number of rotatable bonds is 9. The third-order valence-electron chi connectivity index (χ3n) is 3.01. The average molecular weight is 269 g/mol. The number of methoxy groups -OCH3 is 1. The molecule has 1 N–H and O–H groups in total. The van der Waals surface area contributed by atoms with Gasteiger partial charge in [0.05, 0.1) is 11.3 Å². The third kappa shape index (κ3) is 5.61. The molecule has 0 aliphatic carbocycles. The summed E-state index contributed by atoms with van der Waals surface area (Å²) < 4.78 is 12.9. The van der Waals surface area contributed by atoms with Crippen molar-refractivity contribution in [1.82, 2.24) is 9.55 Å². The SMILES string of the molecule is CCOCCCn1cc(C)nc1NCC(C)(C)OC. The molecule has 0 spiro atoms. The monoisotopic (exact) mass is 269 g/mol. The number of ether oxygens (including phenoxy) is 2. The highest BCUT2D eigenvalue weighted by Crippen LogP contribution is 2.13. The van der Waals surface area contributed by atoms with Crippen molar-refractivity contribution < 1.29 is 9.47 Å². The Morgan fingerprint density at radius 2 is 2.16 bits per heavy atom. The first-order valence-electron chi connectivity index (χ1n) is 6.89. The second-order valence-electron chi connectivity index (χ2n) is 5.27. The lowest BCUT2D eigenvalue weighted by Crippen LogP contribution is -2.32. The van der Waals surface area contributed by atoms with Crippen molar-refractivity contribution in [1.29, 1.82) is 0 Å². The van der Waals surface area contributed by atoms with Crippen molar-refractivity contribution in [3.8, 4) is 0 Å². The Kier molecular flexibility index (Phi) is 6.31. The lowest BCUT2D eigenvalue weighted by molar-refractivity contribution is 0.0342. The van der Waals surface area contributed by atoms with Gasteiger partial charge in [0.2, 0.25) is 5.95 Å². The standard InChI is InChI=1S/C14H27N3O2/c1-6-19-9-7-8-17-10-12(2)16-13(17)15-11-14(3,4)18-5/h10H,6-9,11H2,1-5H3,(H,15,16). The largest absolute Gasteiger partial charge is 0.382 e. The molecular weight excluding hydrogens is 242 g/mol. The lowest BCUT2D eigenvalue weighted by atomic mass is 10.1. The number of anilines is 1. The molecule has 5 nitrogen and oxygen atoms in total. The highest BCUT2D eigenvalue weighted by atomic mass is 16.5. The molecule has 19 heavy (non-hydrogen) atoms. The fourth-order valence-corrected chi connectivity index (χ4v) is 1.70. The molecule has 5 heteroatoms. The number of aryl methyl sites for hydroxylation is 2. The molecule has 0 aliphatic rings. The Morgan fingerprint density at radius 1 is 1.42 bits per heavy atom. The van der Waals surface area contributed by atoms with Gasteiger partial charge in [0.25, 0.3) is 0 Å². The fourth-order valence-electron chi connectivity index (χ4n) is 1.70. The van der Waals surface area contributed by atoms with Gasteiger partial charge in [-0.05, 0) is 34.1 Å². The van der Waals surface area contributed by atoms with Crippen molar-refractivity contribution >= 4 is 5.95 Å². The smallest absolute Gasteiger partial charge is 0.203 e. The second kappa shape index (κ2) is 7.50. The molecule has 1 rings (SSSR count). The number of imidazole rings is 1. The van der Waals surface area contributed by atoms with Crippen LogP contribution < -0.4 is 5.32 Å². The number of aromatic nitrogens is 2. The van der Waals surface area contributed by atoms with E-state index in [0.717, 1.165) is 44.4 Å². The predicted molar refractivity (Wildman–Crippen MR) is 77.7 cm³/mol. The second-order valence-corrected chi connectivity index (χ2v) is 5.27. The van der Waals surface area contributed by atoms with E-state index in [2.05, 4.69) is 34.9 Å². The lowest BCUT2D eigenvalue weighted by Gasteiger charge is -2.23. The summed E-state index contributed by atoms with van der Waals surface area (Å²) in [6.45, 7) is 11.3. The maximum atomic E-state index is 5.40. The van der Waals surface area contributed by atoms with Gasteiger partial charge in [-0.3, -0.25) is 0 Å². The van der Waals surface area contributed by atoms with Gasteiger partial charge < -0.3 is 19.4 Å². The highest BCUT2D eigenvalue weighted by Gasteiger charge is 2.17. The Morgan fingerprint density at radius 3 is 2.79 bits per heavy atom. The van der Waals surface area contributed by atoms with Gasteiger partial charge in [0.15, 0.2) is 0 Å². The zero-order chi connectivity index (χ0) is 14.3. The molecule has 0 bridgehead atoms. The molecule has 0 aliphatic heterocycles. The van der Waals surface area contributed by atoms with Crippen molar-refractivity contribution in [3.05, 3.63) is 11.9 Å². The summed E-state index contributed by atoms with van der Waals surface area (Å²) in [5.74, 6) is 0.902. The number of nitrogens with one attached hydrogen (secondary N) is 1. The van der Waals surface area contributed by atoms with Crippen LogP contribution in [0.15, 0.2) is 6.20 Å². The van der Waals surface area contributed by atoms with Crippen molar-refractivity contribution in [2.75, 3.05) is 32.2 Å². The summed E-state index contributed by atoms with van der Waals surface area (Å²) in [6, 6.07) is 0. The molecule has 0 radical (unpaired) electrons. The molecule has 0 aromatic carbocycles. The summed E-state index contributed by atoms with van der Waals surface area (Å²) in [5.41, 5.74) is 0.824. The highest BCUT2D eigenvalue weighted by molar-refractivity contribution is 5.29. The molecule has 1 aromatic rings. The van der Waals surface area contributed by atoms with Crippen LogP contribution in [0.1, 0.15) is 32.9 Å². The molecule has 1 heterocycles. The van der Waals surface area contributed by atoms with E-state index in [1.165, 1.54) is 0 Å². The van der Waals surface area contributed by atoms with E-state index < -0.39 is 0 Å². The van der Waals surface area contributed by atoms with Gasteiger partial charge in [-0.2, -0.15) is 0 Å². The van der Waals surface area contributed by atoms with Crippen molar-refractivity contribution in [3.63, 3.8) is 0 Å². The van der Waals surface area contributed by atoms with E-state index in [1.807, 2.05) is 13.8 Å². The van der Waals surface area contributed by atoms with Gasteiger partial charge in [-0.1, -0.05) is 0 Å². The quantitative estimate of drug-likeness (QED) is 0.700. The zero-order valence-electron chi connectivity index (χ0n) is 12.8. The Hall–Kier alpha value is -1.07. The minimum Gasteiger partial charge on any atom is -0.382 e. The first kappa shape index (κ1) is 16.0. The van der Waals surface area contributed by atoms with Gasteiger partial charge in [-0.25, -0.2) is 4.98 Å². The summed E-state index contributed by atoms with van der Waals surface area (Å²) >= 11 is 0. The summed E-state index contributed by atoms with van der Waals surface area (Å²) in [7, 11) is 1.72. The van der Waals surface area contributed by atoms with E-state index in [4.69, 9.17) is 9.47 Å². The maximum Gasteiger partial charge on any atom is 0.203 e. The van der Waals surface area contributed by atoms with Crippen LogP contribution in [0.25, 0.3) is 0 Å². The van der Waals surface area contributed by atoms with Gasteiger partial charge >= 0.3 is 0 Å². The van der Waals surface area contributed by atoms with Crippen LogP contribution in [-0.4, -0.2) is 42.0 Å². The maximum absolute atomic E-state index is 5.40. The van der Waals surface area contributed by atoms with E-state index in [1.54, 1.807) is 7.11 Å². The Labute approximate surface area is 116 Å². The molecule has 0 saturated heterocycles. The molecular formula is C14H27N3O2. The first-order valence-corrected chi connectivity index (χ1v) is 6.89. The molecule has 0 atom stereocenters. The Balaban J connectivity index is 2.52. The van der Waals surface area contributed by atoms with Crippen molar-refractivity contribution in [2.24, 2.45) is 0 Å². The predicted octanol–water partition coefficient (Wildman–Crippen LogP) is 2.46. The average Bonchev–Trinajstić information content (AvgIpc) is 2.73. The van der Waals surface area contributed by atoms with Gasteiger partial charge in [0.1, 0.15) is 0 Å². The van der Waals surface area contributed by atoms with Crippen LogP contribution in [0.4, 0.5) is 5.95 Å². The van der Waals surface area contributed by atoms with E-state index in [-0.39, 0.29) is 5.60 Å². The minimum atomic E-state index is -0.198. The van der Waals surface area contributed by atoms with Gasteiger partial charge in [0, 0.05) is 39.6 Å². The zero-order valence-corrected chi connectivity index (χ0v) is 12.8. The van der Waals surface area contributed by atoms with Gasteiger partial charge in [-0.15, -0.1) is 0 Å². The molecule has 0 unspecified atom stereocenters. The van der Waals surface area contributed by atoms with Crippen LogP contribution in [0.5, 0.6) is 0 Å². The minimum absolute atomic E-state index is 0.198. The Bertz CT molecular complexity index is 375. The van der Waals surface area contributed by atoms with Crippen LogP contribution >= 0.6 is 0 Å². The summed E-state index contributed by atoms with van der Waals surface area (Å²) in [6.07, 6.45) is 3.06.